The Kier molecular flexibility index (Phi) is 7.82. The summed E-state index contributed by atoms with van der Waals surface area (Å²) >= 11 is 7.41. The zero-order valence-electron chi connectivity index (χ0n) is 16.7. The molecule has 0 saturated carbocycles. The minimum atomic E-state index is -0.311. The van der Waals surface area contributed by atoms with Gasteiger partial charge in [0.2, 0.25) is 0 Å². The van der Waals surface area contributed by atoms with E-state index in [-0.39, 0.29) is 17.5 Å². The van der Waals surface area contributed by atoms with Gasteiger partial charge in [-0.2, -0.15) is 0 Å². The Morgan fingerprint density at radius 1 is 1.03 bits per heavy atom. The molecule has 2 aromatic carbocycles. The number of halogens is 1. The molecule has 3 aromatic rings. The molecule has 1 aromatic heterocycles. The van der Waals surface area contributed by atoms with E-state index in [0.717, 1.165) is 28.8 Å². The van der Waals surface area contributed by atoms with E-state index in [1.165, 1.54) is 11.3 Å². The maximum atomic E-state index is 12.7. The maximum absolute atomic E-state index is 12.7. The summed E-state index contributed by atoms with van der Waals surface area (Å²) in [7, 11) is 0. The van der Waals surface area contributed by atoms with E-state index in [9.17, 15) is 9.59 Å². The van der Waals surface area contributed by atoms with Crippen LogP contribution in [0, 0.1) is 6.92 Å². The minimum Gasteiger partial charge on any atom is -0.351 e. The lowest BCUT2D eigenvalue weighted by Gasteiger charge is -2.11. The van der Waals surface area contributed by atoms with Crippen LogP contribution in [0.2, 0.25) is 5.02 Å². The van der Waals surface area contributed by atoms with E-state index >= 15 is 0 Å². The highest BCUT2D eigenvalue weighted by molar-refractivity contribution is 7.10. The van der Waals surface area contributed by atoms with Gasteiger partial charge >= 0.3 is 0 Å². The van der Waals surface area contributed by atoms with Crippen LogP contribution in [0.4, 0.5) is 0 Å². The highest BCUT2D eigenvalue weighted by atomic mass is 35.5. The largest absolute Gasteiger partial charge is 0.351 e. The lowest BCUT2D eigenvalue weighted by Crippen LogP contribution is -2.35. The van der Waals surface area contributed by atoms with Crippen molar-refractivity contribution in [3.63, 3.8) is 0 Å². The van der Waals surface area contributed by atoms with Crippen molar-refractivity contribution in [1.29, 1.82) is 0 Å². The third kappa shape index (κ3) is 6.58. The average molecular weight is 439 g/mol. The van der Waals surface area contributed by atoms with Crippen LogP contribution < -0.4 is 10.6 Å². The first-order chi connectivity index (χ1) is 14.5. The third-order valence-corrected chi connectivity index (χ3v) is 5.55. The molecule has 30 heavy (non-hydrogen) atoms. The molecule has 0 aliphatic rings. The van der Waals surface area contributed by atoms with E-state index in [1.54, 1.807) is 18.2 Å². The van der Waals surface area contributed by atoms with E-state index < -0.39 is 0 Å². The number of hydrogen-bond donors (Lipinski definition) is 2. The van der Waals surface area contributed by atoms with Crippen molar-refractivity contribution in [2.75, 3.05) is 6.54 Å². The fraction of sp³-hybridized carbons (Fsp3) is 0.167. The Hall–Kier alpha value is -2.89. The number of nitrogens with one attached hydrogen (secondary N) is 2. The molecular formula is C24H23ClN2O2S. The predicted octanol–water partition coefficient (Wildman–Crippen LogP) is 5.23. The molecule has 0 atom stereocenters. The summed E-state index contributed by atoms with van der Waals surface area (Å²) in [5.74, 6) is -0.617. The van der Waals surface area contributed by atoms with Gasteiger partial charge in [-0.05, 0) is 67.1 Å². The smallest absolute Gasteiger partial charge is 0.267 e. The molecule has 0 radical (unpaired) electrons. The Morgan fingerprint density at radius 2 is 1.77 bits per heavy atom. The van der Waals surface area contributed by atoms with Crippen LogP contribution in [0.15, 0.2) is 71.7 Å². The van der Waals surface area contributed by atoms with E-state index in [2.05, 4.69) is 10.6 Å². The molecule has 2 amide bonds. The minimum absolute atomic E-state index is 0.231. The second-order valence-corrected chi connectivity index (χ2v) is 8.30. The number of hydrogen-bond acceptors (Lipinski definition) is 3. The summed E-state index contributed by atoms with van der Waals surface area (Å²) in [6.07, 6.45) is 3.31. The zero-order chi connectivity index (χ0) is 21.3. The quantitative estimate of drug-likeness (QED) is 0.373. The van der Waals surface area contributed by atoms with Gasteiger partial charge in [-0.25, -0.2) is 0 Å². The summed E-state index contributed by atoms with van der Waals surface area (Å²) < 4.78 is 0. The highest BCUT2D eigenvalue weighted by Gasteiger charge is 2.14. The summed E-state index contributed by atoms with van der Waals surface area (Å²) in [5.41, 5.74) is 2.97. The normalized spacial score (nSPS) is 11.2. The van der Waals surface area contributed by atoms with Crippen molar-refractivity contribution in [2.45, 2.75) is 19.8 Å². The Labute approximate surface area is 185 Å². The number of thiophene rings is 1. The van der Waals surface area contributed by atoms with Crippen LogP contribution in [0.3, 0.4) is 0 Å². The van der Waals surface area contributed by atoms with Gasteiger partial charge in [-0.15, -0.1) is 11.3 Å². The van der Waals surface area contributed by atoms with Crippen LogP contribution in [0.25, 0.3) is 6.08 Å². The van der Waals surface area contributed by atoms with Gasteiger partial charge in [0.1, 0.15) is 5.70 Å². The molecule has 0 aliphatic carbocycles. The number of amides is 2. The molecule has 2 N–H and O–H groups in total. The van der Waals surface area contributed by atoms with Crippen LogP contribution in [0.1, 0.15) is 32.8 Å². The van der Waals surface area contributed by atoms with E-state index in [1.807, 2.05) is 60.8 Å². The standard InChI is InChI=1S/C24H23ClN2O2S/c1-17-6-10-19(11-7-17)23(28)27-22(16-21-5-3-15-30-21)24(29)26-14-2-4-18-8-12-20(25)13-9-18/h3,5-13,15-16H,2,4,14H2,1H3,(H,26,29)(H,27,28)/b22-16-. The Bertz CT molecular complexity index is 1010. The molecule has 0 fully saturated rings. The number of benzene rings is 2. The van der Waals surface area contributed by atoms with Crippen molar-refractivity contribution in [3.8, 4) is 0 Å². The summed E-state index contributed by atoms with van der Waals surface area (Å²) in [6.45, 7) is 2.46. The van der Waals surface area contributed by atoms with Crippen molar-refractivity contribution in [3.05, 3.63) is 98.3 Å². The molecule has 3 rings (SSSR count). The first-order valence-corrected chi connectivity index (χ1v) is 10.9. The fourth-order valence-corrected chi connectivity index (χ4v) is 3.60. The maximum Gasteiger partial charge on any atom is 0.267 e. The molecule has 0 bridgehead atoms. The SMILES string of the molecule is Cc1ccc(C(=O)N/C(=C\c2cccs2)C(=O)NCCCc2ccc(Cl)cc2)cc1. The second-order valence-electron chi connectivity index (χ2n) is 6.88. The molecule has 0 aliphatic heterocycles. The molecular weight excluding hydrogens is 416 g/mol. The average Bonchev–Trinajstić information content (AvgIpc) is 3.25. The van der Waals surface area contributed by atoms with Gasteiger partial charge < -0.3 is 10.6 Å². The molecule has 4 nitrogen and oxygen atoms in total. The molecule has 0 unspecified atom stereocenters. The Morgan fingerprint density at radius 3 is 2.43 bits per heavy atom. The zero-order valence-corrected chi connectivity index (χ0v) is 18.2. The highest BCUT2D eigenvalue weighted by Crippen LogP contribution is 2.14. The molecule has 154 valence electrons. The van der Waals surface area contributed by atoms with Gasteiger partial charge in [-0.1, -0.05) is 47.5 Å². The number of carbonyl (C=O) groups excluding carboxylic acids is 2. The van der Waals surface area contributed by atoms with Crippen LogP contribution >= 0.6 is 22.9 Å². The number of aryl methyl sites for hydroxylation is 2. The van der Waals surface area contributed by atoms with Gasteiger partial charge in [0.25, 0.3) is 11.8 Å². The first kappa shape index (κ1) is 21.8. The van der Waals surface area contributed by atoms with Crippen LogP contribution in [-0.4, -0.2) is 18.4 Å². The van der Waals surface area contributed by atoms with Crippen molar-refractivity contribution in [1.82, 2.24) is 10.6 Å². The number of carbonyl (C=O) groups is 2. The summed E-state index contributed by atoms with van der Waals surface area (Å²) in [6, 6.07) is 18.7. The van der Waals surface area contributed by atoms with Gasteiger partial charge in [0.15, 0.2) is 0 Å². The van der Waals surface area contributed by atoms with E-state index in [4.69, 9.17) is 11.6 Å². The monoisotopic (exact) mass is 438 g/mol. The lowest BCUT2D eigenvalue weighted by molar-refractivity contribution is -0.117. The molecule has 0 spiro atoms. The first-order valence-electron chi connectivity index (χ1n) is 9.67. The van der Waals surface area contributed by atoms with E-state index in [0.29, 0.717) is 17.1 Å². The van der Waals surface area contributed by atoms with Crippen LogP contribution in [0.5, 0.6) is 0 Å². The van der Waals surface area contributed by atoms with Crippen molar-refractivity contribution < 1.29 is 9.59 Å². The summed E-state index contributed by atoms with van der Waals surface area (Å²) in [5, 5.41) is 8.29. The lowest BCUT2D eigenvalue weighted by atomic mass is 10.1. The molecule has 1 heterocycles. The van der Waals surface area contributed by atoms with Gasteiger partial charge in [-0.3, -0.25) is 9.59 Å². The topological polar surface area (TPSA) is 58.2 Å². The third-order valence-electron chi connectivity index (χ3n) is 4.48. The van der Waals surface area contributed by atoms with Crippen molar-refractivity contribution >= 4 is 40.8 Å². The van der Waals surface area contributed by atoms with Crippen LogP contribution in [-0.2, 0) is 11.2 Å². The van der Waals surface area contributed by atoms with Gasteiger partial charge in [0, 0.05) is 22.0 Å². The molecule has 6 heteroatoms. The number of rotatable bonds is 8. The summed E-state index contributed by atoms with van der Waals surface area (Å²) in [4.78, 5) is 26.2. The predicted molar refractivity (Wildman–Crippen MR) is 124 cm³/mol. The molecule has 0 saturated heterocycles. The second kappa shape index (κ2) is 10.8. The fourth-order valence-electron chi connectivity index (χ4n) is 2.81. The Balaban J connectivity index is 1.61. The van der Waals surface area contributed by atoms with Gasteiger partial charge in [0.05, 0.1) is 0 Å². The van der Waals surface area contributed by atoms with Crippen molar-refractivity contribution in [2.24, 2.45) is 0 Å².